The molecule has 4 rings (SSSR count). The molecule has 1 aromatic carbocycles. The number of carbonyl (C=O) groups excluding carboxylic acids is 2. The molecule has 0 radical (unpaired) electrons. The van der Waals surface area contributed by atoms with Crippen LogP contribution in [0.1, 0.15) is 35.7 Å². The number of aromatic nitrogens is 1. The van der Waals surface area contributed by atoms with Crippen molar-refractivity contribution in [2.75, 3.05) is 23.3 Å². The smallest absolute Gasteiger partial charge is 0.251 e. The number of hydrogen-bond donors (Lipinski definition) is 2. The molecule has 1 unspecified atom stereocenters. The first-order valence-electron chi connectivity index (χ1n) is 9.20. The first kappa shape index (κ1) is 17.9. The van der Waals surface area contributed by atoms with Gasteiger partial charge in [-0.05, 0) is 49.6 Å². The zero-order chi connectivity index (χ0) is 18.8. The van der Waals surface area contributed by atoms with Gasteiger partial charge in [-0.25, -0.2) is 4.98 Å². The lowest BCUT2D eigenvalue weighted by Gasteiger charge is -2.21. The quantitative estimate of drug-likeness (QED) is 0.850. The second kappa shape index (κ2) is 7.60. The van der Waals surface area contributed by atoms with Crippen molar-refractivity contribution < 1.29 is 9.59 Å². The molecule has 1 atom stereocenters. The highest BCUT2D eigenvalue weighted by Crippen LogP contribution is 2.35. The van der Waals surface area contributed by atoms with E-state index in [4.69, 9.17) is 0 Å². The van der Waals surface area contributed by atoms with E-state index in [1.807, 2.05) is 31.3 Å². The number of amides is 2. The normalized spacial score (nSPS) is 18.8. The monoisotopic (exact) mass is 382 g/mol. The molecule has 0 aliphatic carbocycles. The summed E-state index contributed by atoms with van der Waals surface area (Å²) in [5.74, 6) is 0.799. The van der Waals surface area contributed by atoms with E-state index >= 15 is 0 Å². The summed E-state index contributed by atoms with van der Waals surface area (Å²) < 4.78 is 0. The van der Waals surface area contributed by atoms with E-state index in [0.29, 0.717) is 17.8 Å². The van der Waals surface area contributed by atoms with Gasteiger partial charge in [0.1, 0.15) is 5.82 Å². The van der Waals surface area contributed by atoms with Crippen molar-refractivity contribution in [1.82, 2.24) is 10.3 Å². The molecule has 0 spiro atoms. The van der Waals surface area contributed by atoms with Crippen LogP contribution in [0, 0.1) is 0 Å². The number of rotatable bonds is 4. The molecule has 1 fully saturated rings. The van der Waals surface area contributed by atoms with E-state index in [2.05, 4.69) is 20.5 Å². The molecule has 2 amide bonds. The number of nitrogens with one attached hydrogen (secondary N) is 2. The Balaban J connectivity index is 1.38. The maximum atomic E-state index is 12.5. The van der Waals surface area contributed by atoms with E-state index in [1.165, 1.54) is 24.6 Å². The molecule has 1 saturated heterocycles. The van der Waals surface area contributed by atoms with Crippen LogP contribution >= 0.6 is 11.8 Å². The van der Waals surface area contributed by atoms with Gasteiger partial charge in [-0.15, -0.1) is 11.8 Å². The third-order valence-electron chi connectivity index (χ3n) is 4.86. The summed E-state index contributed by atoms with van der Waals surface area (Å²) in [6.45, 7) is 4.41. The highest BCUT2D eigenvalue weighted by Gasteiger charge is 2.23. The summed E-state index contributed by atoms with van der Waals surface area (Å²) in [5.41, 5.74) is 2.19. The molecule has 2 aromatic rings. The second-order valence-corrected chi connectivity index (χ2v) is 8.24. The lowest BCUT2D eigenvalue weighted by Crippen LogP contribution is -2.27. The molecule has 140 valence electrons. The van der Waals surface area contributed by atoms with Gasteiger partial charge in [-0.3, -0.25) is 9.59 Å². The number of nitrogens with zero attached hydrogens (tertiary/aromatic N) is 2. The molecule has 3 heterocycles. The number of thioether (sulfide) groups is 1. The fourth-order valence-electron chi connectivity index (χ4n) is 3.29. The molecule has 6 nitrogen and oxygen atoms in total. The predicted octanol–water partition coefficient (Wildman–Crippen LogP) is 3.04. The van der Waals surface area contributed by atoms with Gasteiger partial charge < -0.3 is 15.5 Å². The van der Waals surface area contributed by atoms with Crippen LogP contribution in [-0.2, 0) is 11.3 Å². The molecule has 2 aliphatic rings. The number of carbonyl (C=O) groups is 2. The minimum Gasteiger partial charge on any atom is -0.357 e. The lowest BCUT2D eigenvalue weighted by atomic mass is 10.1. The zero-order valence-corrected chi connectivity index (χ0v) is 16.0. The molecular weight excluding hydrogens is 360 g/mol. The van der Waals surface area contributed by atoms with Crippen LogP contribution in [0.25, 0.3) is 0 Å². The summed E-state index contributed by atoms with van der Waals surface area (Å²) in [6, 6.07) is 9.43. The van der Waals surface area contributed by atoms with Gasteiger partial charge >= 0.3 is 0 Å². The van der Waals surface area contributed by atoms with E-state index in [0.717, 1.165) is 29.4 Å². The molecule has 27 heavy (non-hydrogen) atoms. The van der Waals surface area contributed by atoms with Crippen molar-refractivity contribution in [3.05, 3.63) is 47.7 Å². The summed E-state index contributed by atoms with van der Waals surface area (Å²) >= 11 is 1.51. The third-order valence-corrected chi connectivity index (χ3v) is 6.04. The van der Waals surface area contributed by atoms with Crippen molar-refractivity contribution >= 4 is 35.1 Å². The topological polar surface area (TPSA) is 74.3 Å². The number of fused-ring (bicyclic) bond motifs is 1. The SMILES string of the molecule is CC1Sc2ccc(C(=O)NCc3ccc(N4CCCC4)nc3)cc2NC1=O. The zero-order valence-electron chi connectivity index (χ0n) is 15.2. The number of anilines is 2. The summed E-state index contributed by atoms with van der Waals surface area (Å²) in [6.07, 6.45) is 4.26. The molecule has 2 N–H and O–H groups in total. The average molecular weight is 382 g/mol. The van der Waals surface area contributed by atoms with Gasteiger partial charge in [0.05, 0.1) is 10.9 Å². The predicted molar refractivity (Wildman–Crippen MR) is 107 cm³/mol. The number of pyridine rings is 1. The Kier molecular flexibility index (Phi) is 5.03. The van der Waals surface area contributed by atoms with Crippen molar-refractivity contribution in [3.8, 4) is 0 Å². The van der Waals surface area contributed by atoms with E-state index in [9.17, 15) is 9.59 Å². The summed E-state index contributed by atoms with van der Waals surface area (Å²) in [7, 11) is 0. The van der Waals surface area contributed by atoms with Gasteiger partial charge in [0.15, 0.2) is 0 Å². The first-order valence-corrected chi connectivity index (χ1v) is 10.1. The Morgan fingerprint density at radius 1 is 1.30 bits per heavy atom. The Morgan fingerprint density at radius 3 is 2.85 bits per heavy atom. The van der Waals surface area contributed by atoms with Gasteiger partial charge in [0, 0.05) is 36.3 Å². The maximum absolute atomic E-state index is 12.5. The maximum Gasteiger partial charge on any atom is 0.251 e. The van der Waals surface area contributed by atoms with Gasteiger partial charge in [-0.2, -0.15) is 0 Å². The Hall–Kier alpha value is -2.54. The van der Waals surface area contributed by atoms with Crippen LogP contribution in [0.3, 0.4) is 0 Å². The van der Waals surface area contributed by atoms with Crippen LogP contribution in [0.4, 0.5) is 11.5 Å². The molecule has 2 aliphatic heterocycles. The minimum absolute atomic E-state index is 0.0331. The molecular formula is C20H22N4O2S. The lowest BCUT2D eigenvalue weighted by molar-refractivity contribution is -0.115. The number of hydrogen-bond acceptors (Lipinski definition) is 5. The van der Waals surface area contributed by atoms with Crippen molar-refractivity contribution in [2.45, 2.75) is 36.5 Å². The largest absolute Gasteiger partial charge is 0.357 e. The Morgan fingerprint density at radius 2 is 2.11 bits per heavy atom. The fourth-order valence-corrected chi connectivity index (χ4v) is 4.22. The van der Waals surface area contributed by atoms with Gasteiger partial charge in [-0.1, -0.05) is 6.07 Å². The van der Waals surface area contributed by atoms with E-state index < -0.39 is 0 Å². The highest BCUT2D eigenvalue weighted by molar-refractivity contribution is 8.00. The highest BCUT2D eigenvalue weighted by atomic mass is 32.2. The van der Waals surface area contributed by atoms with Crippen molar-refractivity contribution in [2.24, 2.45) is 0 Å². The van der Waals surface area contributed by atoms with Crippen molar-refractivity contribution in [3.63, 3.8) is 0 Å². The first-order chi connectivity index (χ1) is 13.1. The second-order valence-electron chi connectivity index (χ2n) is 6.86. The fraction of sp³-hybridized carbons (Fsp3) is 0.350. The summed E-state index contributed by atoms with van der Waals surface area (Å²) in [5, 5.41) is 5.66. The van der Waals surface area contributed by atoms with Crippen LogP contribution in [-0.4, -0.2) is 35.1 Å². The molecule has 0 bridgehead atoms. The summed E-state index contributed by atoms with van der Waals surface area (Å²) in [4.78, 5) is 32.1. The van der Waals surface area contributed by atoms with E-state index in [1.54, 1.807) is 12.1 Å². The molecule has 0 saturated carbocycles. The molecule has 7 heteroatoms. The Labute approximate surface area is 162 Å². The Bertz CT molecular complexity index is 863. The number of benzene rings is 1. The van der Waals surface area contributed by atoms with Crippen LogP contribution in [0.15, 0.2) is 41.4 Å². The van der Waals surface area contributed by atoms with Crippen LogP contribution in [0.2, 0.25) is 0 Å². The van der Waals surface area contributed by atoms with Crippen LogP contribution in [0.5, 0.6) is 0 Å². The van der Waals surface area contributed by atoms with Gasteiger partial charge in [0.2, 0.25) is 5.91 Å². The average Bonchev–Trinajstić information content (AvgIpc) is 3.22. The minimum atomic E-state index is -0.167. The van der Waals surface area contributed by atoms with E-state index in [-0.39, 0.29) is 17.1 Å². The van der Waals surface area contributed by atoms with Crippen molar-refractivity contribution in [1.29, 1.82) is 0 Å². The third kappa shape index (κ3) is 3.93. The van der Waals surface area contributed by atoms with Gasteiger partial charge in [0.25, 0.3) is 5.91 Å². The van der Waals surface area contributed by atoms with Crippen LogP contribution < -0.4 is 15.5 Å². The standard InChI is InChI=1S/C20H22N4O2S/c1-13-19(25)23-16-10-15(5-6-17(16)27-13)20(26)22-12-14-4-7-18(21-11-14)24-8-2-3-9-24/h4-7,10-11,13H,2-3,8-9,12H2,1H3,(H,22,26)(H,23,25). The molecule has 1 aromatic heterocycles.